The molecule has 1 aliphatic heterocycles. The highest BCUT2D eigenvalue weighted by atomic mass is 16.5. The lowest BCUT2D eigenvalue weighted by Crippen LogP contribution is -2.54. The lowest BCUT2D eigenvalue weighted by atomic mass is 9.75. The number of ether oxygens (including phenoxy) is 1. The second-order valence-electron chi connectivity index (χ2n) is 7.68. The molecule has 4 nitrogen and oxygen atoms in total. The van der Waals surface area contributed by atoms with Gasteiger partial charge >= 0.3 is 0 Å². The predicted molar refractivity (Wildman–Crippen MR) is 92.8 cm³/mol. The largest absolute Gasteiger partial charge is 0.492 e. The smallest absolute Gasteiger partial charge is 0.138 e. The number of aromatic nitrogens is 1. The van der Waals surface area contributed by atoms with Crippen molar-refractivity contribution in [2.24, 2.45) is 5.92 Å². The molecule has 1 aromatic heterocycles. The summed E-state index contributed by atoms with van der Waals surface area (Å²) < 4.78 is 5.84. The van der Waals surface area contributed by atoms with Gasteiger partial charge in [0.25, 0.3) is 0 Å². The van der Waals surface area contributed by atoms with Gasteiger partial charge in [0.05, 0.1) is 18.4 Å². The Bertz CT molecular complexity index is 587. The zero-order valence-corrected chi connectivity index (χ0v) is 14.5. The van der Waals surface area contributed by atoms with E-state index in [0.717, 1.165) is 56.0 Å². The fourth-order valence-electron chi connectivity index (χ4n) is 3.49. The number of aliphatic hydroxyl groups is 1. The van der Waals surface area contributed by atoms with Gasteiger partial charge in [0.2, 0.25) is 0 Å². The van der Waals surface area contributed by atoms with E-state index in [1.54, 1.807) is 0 Å². The third kappa shape index (κ3) is 3.52. The molecule has 3 rings (SSSR count). The van der Waals surface area contributed by atoms with Gasteiger partial charge in [-0.3, -0.25) is 0 Å². The van der Waals surface area contributed by atoms with E-state index in [0.29, 0.717) is 12.0 Å². The van der Waals surface area contributed by atoms with Gasteiger partial charge in [0.15, 0.2) is 0 Å². The molecule has 0 atom stereocenters. The molecule has 1 aliphatic carbocycles. The third-order valence-corrected chi connectivity index (χ3v) is 4.85. The lowest BCUT2D eigenvalue weighted by molar-refractivity contribution is -0.0298. The van der Waals surface area contributed by atoms with Crippen molar-refractivity contribution in [3.63, 3.8) is 0 Å². The van der Waals surface area contributed by atoms with Crippen molar-refractivity contribution in [2.45, 2.75) is 64.5 Å². The molecule has 1 N–H and O–H groups in total. The van der Waals surface area contributed by atoms with Crippen LogP contribution >= 0.6 is 0 Å². The molecule has 126 valence electrons. The summed E-state index contributed by atoms with van der Waals surface area (Å²) in [7, 11) is 0. The molecule has 0 bridgehead atoms. The summed E-state index contributed by atoms with van der Waals surface area (Å²) in [5, 5.41) is 10.0. The predicted octanol–water partition coefficient (Wildman–Crippen LogP) is 3.69. The third-order valence-electron chi connectivity index (χ3n) is 4.85. The number of rotatable bonds is 5. The summed E-state index contributed by atoms with van der Waals surface area (Å²) in [5.74, 6) is 2.50. The molecule has 0 saturated heterocycles. The zero-order chi connectivity index (χ0) is 16.6. The van der Waals surface area contributed by atoms with Gasteiger partial charge in [-0.1, -0.05) is 20.4 Å². The van der Waals surface area contributed by atoms with Crippen molar-refractivity contribution < 1.29 is 9.84 Å². The number of aryl methyl sites for hydroxylation is 1. The fraction of sp³-hybridized carbons (Fsp3) is 0.632. The molecule has 2 heterocycles. The molecule has 0 radical (unpaired) electrons. The standard InChI is InChI=1S/C19H28N2O2/c1-13(2)7-8-23-17-9-15-6-5-14(3)21(18(15)20-12-17)16-10-19(4,22)11-16/h9,12-13,16,22H,3,5-8,10-11H2,1-2,4H3/t16-,19-. The molecule has 0 unspecified atom stereocenters. The fourth-order valence-corrected chi connectivity index (χ4v) is 3.49. The molecule has 0 aromatic carbocycles. The van der Waals surface area contributed by atoms with E-state index in [-0.39, 0.29) is 0 Å². The van der Waals surface area contributed by atoms with Crippen LogP contribution in [0.25, 0.3) is 0 Å². The summed E-state index contributed by atoms with van der Waals surface area (Å²) in [6, 6.07) is 2.44. The molecule has 1 saturated carbocycles. The molecule has 4 heteroatoms. The minimum absolute atomic E-state index is 0.316. The second-order valence-corrected chi connectivity index (χ2v) is 7.68. The van der Waals surface area contributed by atoms with Gasteiger partial charge in [-0.05, 0) is 56.6 Å². The number of allylic oxidation sites excluding steroid dienone is 1. The quantitative estimate of drug-likeness (QED) is 0.900. The van der Waals surface area contributed by atoms with Gasteiger partial charge in [0.1, 0.15) is 11.6 Å². The topological polar surface area (TPSA) is 45.6 Å². The zero-order valence-electron chi connectivity index (χ0n) is 14.5. The van der Waals surface area contributed by atoms with E-state index in [2.05, 4.69) is 36.4 Å². The molecule has 2 aliphatic rings. The molecule has 23 heavy (non-hydrogen) atoms. The first-order valence-corrected chi connectivity index (χ1v) is 8.67. The molecular formula is C19H28N2O2. The van der Waals surface area contributed by atoms with Crippen LogP contribution in [0.1, 0.15) is 52.0 Å². The Morgan fingerprint density at radius 2 is 2.17 bits per heavy atom. The van der Waals surface area contributed by atoms with Crippen LogP contribution < -0.4 is 9.64 Å². The van der Waals surface area contributed by atoms with Gasteiger partial charge in [-0.2, -0.15) is 0 Å². The van der Waals surface area contributed by atoms with Crippen LogP contribution in [0.15, 0.2) is 24.5 Å². The summed E-state index contributed by atoms with van der Waals surface area (Å²) in [4.78, 5) is 6.89. The van der Waals surface area contributed by atoms with E-state index in [4.69, 9.17) is 4.74 Å². The highest BCUT2D eigenvalue weighted by molar-refractivity contribution is 5.58. The van der Waals surface area contributed by atoms with Gasteiger partial charge in [-0.25, -0.2) is 4.98 Å². The molecule has 1 fully saturated rings. The minimum atomic E-state index is -0.539. The van der Waals surface area contributed by atoms with E-state index in [9.17, 15) is 5.11 Å². The Morgan fingerprint density at radius 3 is 2.83 bits per heavy atom. The van der Waals surface area contributed by atoms with Crippen LogP contribution in [0.4, 0.5) is 5.82 Å². The van der Waals surface area contributed by atoms with Crippen LogP contribution in [0.5, 0.6) is 5.75 Å². The van der Waals surface area contributed by atoms with Crippen molar-refractivity contribution >= 4 is 5.82 Å². The summed E-state index contributed by atoms with van der Waals surface area (Å²) in [6.45, 7) is 11.2. The van der Waals surface area contributed by atoms with Crippen molar-refractivity contribution in [1.29, 1.82) is 0 Å². The normalized spacial score (nSPS) is 26.9. The molecular weight excluding hydrogens is 288 g/mol. The Balaban J connectivity index is 1.73. The van der Waals surface area contributed by atoms with Crippen LogP contribution in [-0.4, -0.2) is 28.3 Å². The Labute approximate surface area is 139 Å². The SMILES string of the molecule is C=C1CCc2cc(OCCC(C)C)cnc2N1[C@H]1C[C@](C)(O)C1. The highest BCUT2D eigenvalue weighted by Gasteiger charge is 2.44. The van der Waals surface area contributed by atoms with Crippen LogP contribution in [0.2, 0.25) is 0 Å². The Kier molecular flexibility index (Phi) is 4.37. The number of nitrogens with zero attached hydrogens (tertiary/aromatic N) is 2. The van der Waals surface area contributed by atoms with Crippen molar-refractivity contribution in [2.75, 3.05) is 11.5 Å². The van der Waals surface area contributed by atoms with Crippen molar-refractivity contribution in [3.05, 3.63) is 30.1 Å². The maximum absolute atomic E-state index is 10.0. The van der Waals surface area contributed by atoms with Crippen LogP contribution in [0.3, 0.4) is 0 Å². The average molecular weight is 316 g/mol. The number of fused-ring (bicyclic) bond motifs is 1. The molecule has 0 amide bonds. The first-order chi connectivity index (χ1) is 10.9. The van der Waals surface area contributed by atoms with E-state index >= 15 is 0 Å². The van der Waals surface area contributed by atoms with Gasteiger partial charge in [-0.15, -0.1) is 0 Å². The number of anilines is 1. The second kappa shape index (κ2) is 6.16. The maximum atomic E-state index is 10.0. The number of hydrogen-bond acceptors (Lipinski definition) is 4. The summed E-state index contributed by atoms with van der Waals surface area (Å²) >= 11 is 0. The van der Waals surface area contributed by atoms with Gasteiger partial charge < -0.3 is 14.7 Å². The van der Waals surface area contributed by atoms with Crippen LogP contribution in [-0.2, 0) is 6.42 Å². The average Bonchev–Trinajstić information content (AvgIpc) is 2.44. The van der Waals surface area contributed by atoms with E-state index in [1.807, 2.05) is 13.1 Å². The van der Waals surface area contributed by atoms with Gasteiger partial charge in [0, 0.05) is 11.7 Å². The minimum Gasteiger partial charge on any atom is -0.492 e. The Morgan fingerprint density at radius 1 is 1.43 bits per heavy atom. The molecule has 0 spiro atoms. The van der Waals surface area contributed by atoms with E-state index in [1.165, 1.54) is 5.56 Å². The summed E-state index contributed by atoms with van der Waals surface area (Å²) in [6.07, 6.45) is 6.34. The summed E-state index contributed by atoms with van der Waals surface area (Å²) in [5.41, 5.74) is 1.80. The highest BCUT2D eigenvalue weighted by Crippen LogP contribution is 2.42. The van der Waals surface area contributed by atoms with Crippen LogP contribution in [0, 0.1) is 5.92 Å². The molecule has 1 aromatic rings. The first kappa shape index (κ1) is 16.3. The number of hydrogen-bond donors (Lipinski definition) is 1. The number of pyridine rings is 1. The monoisotopic (exact) mass is 316 g/mol. The van der Waals surface area contributed by atoms with Crippen molar-refractivity contribution in [3.8, 4) is 5.75 Å². The first-order valence-electron chi connectivity index (χ1n) is 8.67. The lowest BCUT2D eigenvalue weighted by Gasteiger charge is -2.49. The Hall–Kier alpha value is -1.55. The van der Waals surface area contributed by atoms with Crippen molar-refractivity contribution in [1.82, 2.24) is 4.98 Å². The maximum Gasteiger partial charge on any atom is 0.138 e. The van der Waals surface area contributed by atoms with E-state index < -0.39 is 5.60 Å².